The van der Waals surface area contributed by atoms with E-state index < -0.39 is 8.25 Å². The van der Waals surface area contributed by atoms with Crippen LogP contribution in [0.3, 0.4) is 0 Å². The van der Waals surface area contributed by atoms with E-state index in [2.05, 4.69) is 13.2 Å². The second kappa shape index (κ2) is 22.4. The lowest BCUT2D eigenvalue weighted by molar-refractivity contribution is 0.405. The lowest BCUT2D eigenvalue weighted by atomic mass is 10.0. The molecule has 0 aromatic rings. The molecule has 8 N–H and O–H groups in total. The number of hydrogen-bond acceptors (Lipinski definition) is 3. The normalized spacial score (nSPS) is 10.5. The van der Waals surface area contributed by atoms with Crippen LogP contribution in [0.2, 0.25) is 0 Å². The van der Waals surface area contributed by atoms with E-state index in [9.17, 15) is 0 Å². The Balaban J connectivity index is -0.0000000390. The fourth-order valence-corrected chi connectivity index (χ4v) is 0.250. The lowest BCUT2D eigenvalue weighted by Gasteiger charge is -2.05. The fraction of sp³-hybridized carbons (Fsp3) is 0.667. The third-order valence-corrected chi connectivity index (χ3v) is 1.000. The Labute approximate surface area is 74.6 Å². The van der Waals surface area contributed by atoms with Crippen molar-refractivity contribution in [3.63, 3.8) is 0 Å². The van der Waals surface area contributed by atoms with E-state index in [0.717, 1.165) is 0 Å². The summed E-state index contributed by atoms with van der Waals surface area (Å²) < 4.78 is 8.70. The molecule has 0 amide bonds. The molecule has 1 aliphatic carbocycles. The third-order valence-electron chi connectivity index (χ3n) is 1.000. The van der Waals surface area contributed by atoms with Crippen molar-refractivity contribution >= 4 is 8.25 Å². The van der Waals surface area contributed by atoms with Crippen LogP contribution in [0.15, 0.2) is 13.2 Å². The van der Waals surface area contributed by atoms with Gasteiger partial charge < -0.3 is 12.3 Å². The fourth-order valence-electron chi connectivity index (χ4n) is 0.250. The van der Waals surface area contributed by atoms with E-state index in [0.29, 0.717) is 0 Å². The van der Waals surface area contributed by atoms with Gasteiger partial charge in [0.2, 0.25) is 0 Å². The molecule has 1 fully saturated rings. The molecule has 0 unspecified atom stereocenters. The maximum Gasteiger partial charge on any atom is 0.692 e. The van der Waals surface area contributed by atoms with Crippen molar-refractivity contribution in [2.45, 2.75) is 25.7 Å². The van der Waals surface area contributed by atoms with Crippen LogP contribution < -0.4 is 12.3 Å². The Morgan fingerprint density at radius 2 is 1.00 bits per heavy atom. The molecule has 0 aliphatic heterocycles. The van der Waals surface area contributed by atoms with Crippen molar-refractivity contribution < 1.29 is 14.4 Å². The monoisotopic (exact) mass is 199 g/mol. The first-order chi connectivity index (χ1) is 4.73. The summed E-state index contributed by atoms with van der Waals surface area (Å²) in [6.07, 6.45) is 6.00. The Morgan fingerprint density at radius 3 is 1.00 bits per heavy atom. The van der Waals surface area contributed by atoms with Crippen LogP contribution in [0, 0.1) is 0 Å². The summed E-state index contributed by atoms with van der Waals surface area (Å²) >= 11 is 0. The van der Waals surface area contributed by atoms with Gasteiger partial charge in [-0.25, -0.2) is 0 Å². The van der Waals surface area contributed by atoms with E-state index in [1.807, 2.05) is 0 Å². The summed E-state index contributed by atoms with van der Waals surface area (Å²) in [5, 5.41) is 0. The molecule has 5 nitrogen and oxygen atoms in total. The van der Waals surface area contributed by atoms with Gasteiger partial charge >= 0.3 is 8.25 Å². The Morgan fingerprint density at radius 1 is 0.917 bits per heavy atom. The molecule has 6 heteroatoms. The molecule has 0 aromatic carbocycles. The zero-order valence-electron chi connectivity index (χ0n) is 7.41. The van der Waals surface area contributed by atoms with Crippen LogP contribution >= 0.6 is 8.25 Å². The van der Waals surface area contributed by atoms with E-state index >= 15 is 0 Å². The van der Waals surface area contributed by atoms with Crippen LogP contribution in [0.5, 0.6) is 0 Å². The first-order valence-corrected chi connectivity index (χ1v) is 4.25. The van der Waals surface area contributed by atoms with Gasteiger partial charge in [-0.2, -0.15) is 0 Å². The molecule has 0 atom stereocenters. The Kier molecular flexibility index (Phi) is 42.2. The van der Waals surface area contributed by atoms with Gasteiger partial charge in [0.15, 0.2) is 0 Å². The average Bonchev–Trinajstić information content (AvgIpc) is 1.63. The van der Waals surface area contributed by atoms with Crippen LogP contribution in [0.25, 0.3) is 0 Å². The zero-order valence-corrected chi connectivity index (χ0v) is 8.30. The van der Waals surface area contributed by atoms with Gasteiger partial charge in [-0.05, 0) is 0 Å². The molecule has 1 rings (SSSR count). The average molecular weight is 199 g/mol. The predicted molar refractivity (Wildman–Crippen MR) is 51.8 cm³/mol. The molecular formula is C6H20N2O3P+. The van der Waals surface area contributed by atoms with Gasteiger partial charge in [0.1, 0.15) is 0 Å². The molecule has 1 saturated carbocycles. The van der Waals surface area contributed by atoms with Crippen LogP contribution in [-0.4, -0.2) is 9.79 Å². The summed E-state index contributed by atoms with van der Waals surface area (Å²) in [7, 11) is -2.87. The summed E-state index contributed by atoms with van der Waals surface area (Å²) in [5.74, 6) is 0. The van der Waals surface area contributed by atoms with Gasteiger partial charge in [-0.1, -0.05) is 25.7 Å². The summed E-state index contributed by atoms with van der Waals surface area (Å²) in [5.41, 5.74) is 0. The second-order valence-electron chi connectivity index (χ2n) is 1.67. The number of hydrogen-bond donors (Lipinski definition) is 4. The molecule has 76 valence electrons. The quantitative estimate of drug-likeness (QED) is 0.351. The van der Waals surface area contributed by atoms with E-state index in [1.54, 1.807) is 0 Å². The van der Waals surface area contributed by atoms with E-state index in [-0.39, 0.29) is 12.3 Å². The molecule has 12 heavy (non-hydrogen) atoms. The van der Waals surface area contributed by atoms with Gasteiger partial charge in [0.25, 0.3) is 0 Å². The molecule has 0 saturated heterocycles. The minimum absolute atomic E-state index is 0. The predicted octanol–water partition coefficient (Wildman–Crippen LogP) is 2.31. The minimum atomic E-state index is -2.87. The van der Waals surface area contributed by atoms with E-state index in [1.165, 1.54) is 25.7 Å². The standard InChI is InChI=1S/C4H8.C2H4.2H3N.HO3P/c1-2-4-3-1;1-2;;;1-4(2)3/h1-4H2;1-2H2;2*1H3;(H-,1,2,3)/p+1. The highest BCUT2D eigenvalue weighted by Crippen LogP contribution is 2.15. The highest BCUT2D eigenvalue weighted by molar-refractivity contribution is 7.30. The lowest BCUT2D eigenvalue weighted by Crippen LogP contribution is -1.85. The first-order valence-electron chi connectivity index (χ1n) is 3.08. The van der Waals surface area contributed by atoms with Crippen LogP contribution in [-0.2, 0) is 4.57 Å². The molecule has 0 heterocycles. The molecule has 0 radical (unpaired) electrons. The van der Waals surface area contributed by atoms with Crippen LogP contribution in [0.4, 0.5) is 0 Å². The van der Waals surface area contributed by atoms with Gasteiger partial charge in [0, 0.05) is 4.57 Å². The first kappa shape index (κ1) is 22.6. The van der Waals surface area contributed by atoms with Gasteiger partial charge in [-0.3, -0.25) is 0 Å². The topological polar surface area (TPSA) is 128 Å². The van der Waals surface area contributed by atoms with Crippen LogP contribution in [0.1, 0.15) is 25.7 Å². The van der Waals surface area contributed by atoms with E-state index in [4.69, 9.17) is 14.4 Å². The second-order valence-corrected chi connectivity index (χ2v) is 2.17. The van der Waals surface area contributed by atoms with Crippen molar-refractivity contribution in [1.29, 1.82) is 0 Å². The molecule has 0 bridgehead atoms. The van der Waals surface area contributed by atoms with Gasteiger partial charge in [0.05, 0.1) is 0 Å². The molecule has 0 spiro atoms. The maximum absolute atomic E-state index is 8.70. The third kappa shape index (κ3) is 53.9. The van der Waals surface area contributed by atoms with Crippen molar-refractivity contribution in [3.8, 4) is 0 Å². The zero-order chi connectivity index (χ0) is 8.41. The summed E-state index contributed by atoms with van der Waals surface area (Å²) in [6.45, 7) is 6.00. The summed E-state index contributed by atoms with van der Waals surface area (Å²) in [6, 6.07) is 0. The van der Waals surface area contributed by atoms with Gasteiger partial charge in [-0.15, -0.1) is 22.9 Å². The van der Waals surface area contributed by atoms with Crippen molar-refractivity contribution in [1.82, 2.24) is 12.3 Å². The molecule has 0 aromatic heterocycles. The van der Waals surface area contributed by atoms with Crippen molar-refractivity contribution in [2.24, 2.45) is 0 Å². The highest BCUT2D eigenvalue weighted by Gasteiger charge is 1.95. The van der Waals surface area contributed by atoms with Crippen molar-refractivity contribution in [2.75, 3.05) is 0 Å². The maximum atomic E-state index is 8.70. The molecular weight excluding hydrogens is 179 g/mol. The Bertz CT molecular complexity index is 80.9. The van der Waals surface area contributed by atoms with Crippen molar-refractivity contribution in [3.05, 3.63) is 13.2 Å². The Hall–Kier alpha value is -0.320. The molecule has 1 aliphatic rings. The largest absolute Gasteiger partial charge is 0.692 e. The number of rotatable bonds is 0. The highest BCUT2D eigenvalue weighted by atomic mass is 31.1. The smallest absolute Gasteiger partial charge is 0.344 e. The summed E-state index contributed by atoms with van der Waals surface area (Å²) in [4.78, 5) is 14.2. The minimum Gasteiger partial charge on any atom is -0.344 e. The SMILES string of the molecule is C1CCC1.C=C.N.N.O=[P+](O)O.